The second-order valence-electron chi connectivity index (χ2n) is 1.65. The highest BCUT2D eigenvalue weighted by atomic mass is 16.5. The van der Waals surface area contributed by atoms with Crippen LogP contribution >= 0.6 is 0 Å². The summed E-state index contributed by atoms with van der Waals surface area (Å²) < 4.78 is 4.57. The second kappa shape index (κ2) is 5.24. The van der Waals surface area contributed by atoms with Crippen LogP contribution in [0.15, 0.2) is 24.3 Å². The van der Waals surface area contributed by atoms with Crippen molar-refractivity contribution in [1.29, 1.82) is 5.26 Å². The maximum atomic E-state index is 10.8. The van der Waals surface area contributed by atoms with Gasteiger partial charge in [-0.15, -0.1) is 0 Å². The summed E-state index contributed by atoms with van der Waals surface area (Å²) in [4.78, 5) is 10.8. The first kappa shape index (κ1) is 9.44. The van der Waals surface area contributed by atoms with Gasteiger partial charge in [0, 0.05) is 0 Å². The lowest BCUT2D eigenvalue weighted by Gasteiger charge is -1.96. The molecule has 0 aromatic rings. The van der Waals surface area contributed by atoms with E-state index in [1.54, 1.807) is 13.0 Å². The van der Waals surface area contributed by atoms with Gasteiger partial charge in [-0.2, -0.15) is 5.26 Å². The summed E-state index contributed by atoms with van der Waals surface area (Å²) in [5.74, 6) is -0.602. The zero-order valence-corrected chi connectivity index (χ0v) is 6.33. The van der Waals surface area contributed by atoms with E-state index < -0.39 is 5.97 Å². The molecule has 0 atom stereocenters. The van der Waals surface area contributed by atoms with E-state index in [2.05, 4.69) is 11.3 Å². The van der Waals surface area contributed by atoms with Crippen molar-refractivity contribution >= 4 is 5.97 Å². The Bertz CT molecular complexity index is 223. The molecule has 0 aliphatic rings. The molecule has 0 aliphatic carbocycles. The molecule has 11 heavy (non-hydrogen) atoms. The molecule has 3 heteroatoms. The summed E-state index contributed by atoms with van der Waals surface area (Å²) in [6.07, 6.45) is 2.69. The monoisotopic (exact) mass is 151 g/mol. The number of carbonyl (C=O) groups excluding carboxylic acids is 1. The predicted molar refractivity (Wildman–Crippen MR) is 40.5 cm³/mol. The third-order valence-corrected chi connectivity index (χ3v) is 0.900. The van der Waals surface area contributed by atoms with E-state index >= 15 is 0 Å². The van der Waals surface area contributed by atoms with Crippen LogP contribution in [0.25, 0.3) is 0 Å². The maximum Gasteiger partial charge on any atom is 0.348 e. The van der Waals surface area contributed by atoms with E-state index in [1.165, 1.54) is 12.2 Å². The number of hydrogen-bond acceptors (Lipinski definition) is 3. The van der Waals surface area contributed by atoms with Gasteiger partial charge in [0.25, 0.3) is 0 Å². The highest BCUT2D eigenvalue weighted by molar-refractivity contribution is 5.92. The van der Waals surface area contributed by atoms with Crippen molar-refractivity contribution in [2.24, 2.45) is 0 Å². The Labute approximate surface area is 65.6 Å². The van der Waals surface area contributed by atoms with Crippen molar-refractivity contribution in [3.63, 3.8) is 0 Å². The zero-order chi connectivity index (χ0) is 8.69. The van der Waals surface area contributed by atoms with Gasteiger partial charge in [0.05, 0.1) is 6.61 Å². The number of rotatable bonds is 3. The Morgan fingerprint density at radius 2 is 2.45 bits per heavy atom. The summed E-state index contributed by atoms with van der Waals surface area (Å²) in [6, 6.07) is 1.70. The minimum atomic E-state index is -0.602. The largest absolute Gasteiger partial charge is 0.462 e. The first-order chi connectivity index (χ1) is 5.26. The Morgan fingerprint density at radius 1 is 1.82 bits per heavy atom. The highest BCUT2D eigenvalue weighted by Crippen LogP contribution is 1.95. The lowest BCUT2D eigenvalue weighted by atomic mass is 10.3. The number of ether oxygens (including phenoxy) is 1. The Kier molecular flexibility index (Phi) is 4.50. The van der Waals surface area contributed by atoms with Crippen molar-refractivity contribution in [3.05, 3.63) is 24.3 Å². The number of nitriles is 1. The first-order valence-electron chi connectivity index (χ1n) is 3.16. The first-order valence-corrected chi connectivity index (χ1v) is 3.16. The topological polar surface area (TPSA) is 50.1 Å². The van der Waals surface area contributed by atoms with E-state index in [0.29, 0.717) is 0 Å². The molecule has 0 aliphatic heterocycles. The quantitative estimate of drug-likeness (QED) is 0.263. The predicted octanol–water partition coefficient (Wildman–Crippen LogP) is 1.19. The molecule has 0 heterocycles. The molecule has 0 amide bonds. The van der Waals surface area contributed by atoms with Crippen LogP contribution < -0.4 is 0 Å². The van der Waals surface area contributed by atoms with Crippen molar-refractivity contribution < 1.29 is 9.53 Å². The lowest BCUT2D eigenvalue weighted by molar-refractivity contribution is -0.138. The molecule has 3 nitrogen and oxygen atoms in total. The third-order valence-electron chi connectivity index (χ3n) is 0.900. The molecule has 0 bridgehead atoms. The van der Waals surface area contributed by atoms with Crippen LogP contribution in [0.5, 0.6) is 0 Å². The molecule has 0 saturated heterocycles. The van der Waals surface area contributed by atoms with Crippen LogP contribution in [-0.2, 0) is 9.53 Å². The summed E-state index contributed by atoms with van der Waals surface area (Å²) >= 11 is 0. The van der Waals surface area contributed by atoms with Crippen LogP contribution in [0.1, 0.15) is 6.92 Å². The fraction of sp³-hybridized carbons (Fsp3) is 0.250. The van der Waals surface area contributed by atoms with Crippen LogP contribution in [0, 0.1) is 11.3 Å². The summed E-state index contributed by atoms with van der Waals surface area (Å²) in [5.41, 5.74) is -0.0261. The lowest BCUT2D eigenvalue weighted by Crippen LogP contribution is -2.05. The van der Waals surface area contributed by atoms with E-state index in [-0.39, 0.29) is 12.2 Å². The van der Waals surface area contributed by atoms with E-state index in [0.717, 1.165) is 0 Å². The number of nitrogens with zero attached hydrogens (tertiary/aromatic N) is 1. The minimum absolute atomic E-state index is 0.0261. The van der Waals surface area contributed by atoms with E-state index in [1.807, 2.05) is 0 Å². The average molecular weight is 151 g/mol. The molecule has 0 aromatic carbocycles. The van der Waals surface area contributed by atoms with Crippen molar-refractivity contribution in [3.8, 4) is 6.07 Å². The molecule has 0 aromatic heterocycles. The van der Waals surface area contributed by atoms with Gasteiger partial charge in [-0.05, 0) is 13.0 Å². The molecule has 0 spiro atoms. The van der Waals surface area contributed by atoms with Crippen LogP contribution in [0.4, 0.5) is 0 Å². The zero-order valence-electron chi connectivity index (χ0n) is 6.33. The summed E-state index contributed by atoms with van der Waals surface area (Å²) in [7, 11) is 0. The van der Waals surface area contributed by atoms with E-state index in [9.17, 15) is 4.79 Å². The number of carbonyl (C=O) groups is 1. The number of allylic oxidation sites excluding steroid dienone is 2. The molecular formula is C8H9NO2. The number of hydrogen-bond donors (Lipinski definition) is 0. The van der Waals surface area contributed by atoms with Crippen molar-refractivity contribution in [1.82, 2.24) is 0 Å². The van der Waals surface area contributed by atoms with Gasteiger partial charge >= 0.3 is 5.97 Å². The summed E-state index contributed by atoms with van der Waals surface area (Å²) in [5, 5.41) is 8.39. The molecule has 0 saturated carbocycles. The van der Waals surface area contributed by atoms with Crippen molar-refractivity contribution in [2.75, 3.05) is 6.61 Å². The molecule has 0 radical (unpaired) electrons. The SMILES string of the molecule is C=C/C=C(/C#N)C(=O)OCC. The minimum Gasteiger partial charge on any atom is -0.462 e. The van der Waals surface area contributed by atoms with Crippen molar-refractivity contribution in [2.45, 2.75) is 6.92 Å². The van der Waals surface area contributed by atoms with Crippen LogP contribution in [0.3, 0.4) is 0 Å². The Balaban J connectivity index is 4.29. The second-order valence-corrected chi connectivity index (χ2v) is 1.65. The molecule has 0 N–H and O–H groups in total. The van der Waals surface area contributed by atoms with Gasteiger partial charge in [-0.1, -0.05) is 12.7 Å². The van der Waals surface area contributed by atoms with Gasteiger partial charge in [0.15, 0.2) is 0 Å². The highest BCUT2D eigenvalue weighted by Gasteiger charge is 2.06. The van der Waals surface area contributed by atoms with Crippen LogP contribution in [-0.4, -0.2) is 12.6 Å². The van der Waals surface area contributed by atoms with Gasteiger partial charge in [0.2, 0.25) is 0 Å². The molecular weight excluding hydrogens is 142 g/mol. The smallest absolute Gasteiger partial charge is 0.348 e. The number of esters is 1. The summed E-state index contributed by atoms with van der Waals surface area (Å²) in [6.45, 7) is 5.31. The fourth-order valence-corrected chi connectivity index (χ4v) is 0.478. The maximum absolute atomic E-state index is 10.8. The van der Waals surface area contributed by atoms with E-state index in [4.69, 9.17) is 5.26 Å². The molecule has 58 valence electrons. The molecule has 0 unspecified atom stereocenters. The Morgan fingerprint density at radius 3 is 2.82 bits per heavy atom. The average Bonchev–Trinajstić information content (AvgIpc) is 2.00. The Hall–Kier alpha value is -1.56. The third kappa shape index (κ3) is 3.21. The van der Waals surface area contributed by atoms with Gasteiger partial charge in [-0.3, -0.25) is 0 Å². The molecule has 0 rings (SSSR count). The molecule has 0 fully saturated rings. The van der Waals surface area contributed by atoms with Crippen LogP contribution in [0.2, 0.25) is 0 Å². The standard InChI is InChI=1S/C8H9NO2/c1-3-5-7(6-9)8(10)11-4-2/h3,5H,1,4H2,2H3/b7-5-. The van der Waals surface area contributed by atoms with Gasteiger partial charge < -0.3 is 4.74 Å². The van der Waals surface area contributed by atoms with Gasteiger partial charge in [-0.25, -0.2) is 4.79 Å². The normalized spacial score (nSPS) is 10.0. The fourth-order valence-electron chi connectivity index (χ4n) is 0.478. The van der Waals surface area contributed by atoms with Gasteiger partial charge in [0.1, 0.15) is 11.6 Å².